The van der Waals surface area contributed by atoms with Crippen molar-refractivity contribution in [1.29, 1.82) is 0 Å². The van der Waals surface area contributed by atoms with Gasteiger partial charge in [-0.05, 0) is 25.0 Å². The van der Waals surface area contributed by atoms with Crippen molar-refractivity contribution in [1.82, 2.24) is 10.2 Å². The van der Waals surface area contributed by atoms with E-state index >= 15 is 0 Å². The average molecular weight is 390 g/mol. The Morgan fingerprint density at radius 1 is 1.14 bits per heavy atom. The fourth-order valence-electron chi connectivity index (χ4n) is 3.46. The fourth-order valence-corrected chi connectivity index (χ4v) is 3.46. The molecule has 2 fully saturated rings. The van der Waals surface area contributed by atoms with E-state index in [-0.39, 0.29) is 29.6 Å². The van der Waals surface area contributed by atoms with Crippen molar-refractivity contribution in [3.8, 4) is 0 Å². The van der Waals surface area contributed by atoms with Crippen LogP contribution >= 0.6 is 0 Å². The maximum Gasteiger partial charge on any atom is 0.251 e. The van der Waals surface area contributed by atoms with Gasteiger partial charge in [-0.1, -0.05) is 17.3 Å². The molecule has 0 aromatic heterocycles. The highest BCUT2D eigenvalue weighted by atomic mass is 16.5. The Morgan fingerprint density at radius 2 is 1.82 bits per heavy atom. The van der Waals surface area contributed by atoms with E-state index < -0.39 is 0 Å². The van der Waals surface area contributed by atoms with Crippen LogP contribution in [-0.2, 0) is 14.3 Å². The summed E-state index contributed by atoms with van der Waals surface area (Å²) >= 11 is 0. The Kier molecular flexibility index (Phi) is 6.83. The molecule has 0 saturated carbocycles. The number of nitrogens with zero attached hydrogens (tertiary/aromatic N) is 2. The van der Waals surface area contributed by atoms with E-state index in [1.54, 1.807) is 24.3 Å². The third-order valence-electron chi connectivity index (χ3n) is 5.13. The maximum absolute atomic E-state index is 12.9. The van der Waals surface area contributed by atoms with Crippen LogP contribution in [0.2, 0.25) is 0 Å². The summed E-state index contributed by atoms with van der Waals surface area (Å²) in [6.45, 7) is 2.99. The number of benzene rings is 1. The first-order valence-corrected chi connectivity index (χ1v) is 9.42. The third kappa shape index (κ3) is 4.79. The molecule has 1 aromatic rings. The Labute approximate surface area is 163 Å². The second-order valence-electron chi connectivity index (χ2n) is 6.92. The van der Waals surface area contributed by atoms with Crippen molar-refractivity contribution >= 4 is 17.6 Å². The van der Waals surface area contributed by atoms with Crippen LogP contribution in [0.1, 0.15) is 28.8 Å². The van der Waals surface area contributed by atoms with E-state index in [9.17, 15) is 9.59 Å². The molecule has 1 atom stereocenters. The minimum atomic E-state index is -0.255. The topological polar surface area (TPSA) is 126 Å². The van der Waals surface area contributed by atoms with Crippen LogP contribution in [0.25, 0.3) is 0 Å². The number of amidine groups is 1. The number of hydrogen-bond donors (Lipinski definition) is 3. The van der Waals surface area contributed by atoms with Gasteiger partial charge in [0.1, 0.15) is 0 Å². The summed E-state index contributed by atoms with van der Waals surface area (Å²) in [5, 5.41) is 14.5. The maximum atomic E-state index is 12.9. The molecule has 2 amide bonds. The minimum absolute atomic E-state index is 0.0174. The summed E-state index contributed by atoms with van der Waals surface area (Å²) in [4.78, 5) is 27.1. The summed E-state index contributed by atoms with van der Waals surface area (Å²) in [6.07, 6.45) is 1.48. The molecule has 28 heavy (non-hydrogen) atoms. The predicted molar refractivity (Wildman–Crippen MR) is 101 cm³/mol. The van der Waals surface area contributed by atoms with Crippen LogP contribution in [0, 0.1) is 5.92 Å². The number of amides is 2. The number of hydrogen-bond acceptors (Lipinski definition) is 6. The van der Waals surface area contributed by atoms with Crippen LogP contribution in [0.3, 0.4) is 0 Å². The molecule has 0 bridgehead atoms. The Balaban J connectivity index is 1.58. The highest BCUT2D eigenvalue weighted by Crippen LogP contribution is 2.20. The molecule has 0 radical (unpaired) electrons. The fraction of sp³-hybridized carbons (Fsp3) is 0.526. The van der Waals surface area contributed by atoms with Crippen molar-refractivity contribution in [2.75, 3.05) is 39.5 Å². The minimum Gasteiger partial charge on any atom is -0.409 e. The summed E-state index contributed by atoms with van der Waals surface area (Å²) in [7, 11) is 0. The zero-order chi connectivity index (χ0) is 19.9. The van der Waals surface area contributed by atoms with Gasteiger partial charge >= 0.3 is 0 Å². The quantitative estimate of drug-likeness (QED) is 0.285. The van der Waals surface area contributed by atoms with Gasteiger partial charge in [-0.15, -0.1) is 0 Å². The number of carbonyl (C=O) groups excluding carboxylic acids is 2. The third-order valence-corrected chi connectivity index (χ3v) is 5.13. The Bertz CT molecular complexity index is 716. The predicted octanol–water partition coefficient (Wildman–Crippen LogP) is 0.165. The molecule has 2 aliphatic rings. The lowest BCUT2D eigenvalue weighted by molar-refractivity contribution is -0.147. The monoisotopic (exact) mass is 390 g/mol. The first kappa shape index (κ1) is 20.1. The zero-order valence-corrected chi connectivity index (χ0v) is 15.7. The molecule has 1 unspecified atom stereocenters. The SMILES string of the molecule is N/C(=N\O)c1ccc(C(=O)NCC2COCCN2C(=O)C2CCOCC2)cc1. The van der Waals surface area contributed by atoms with Gasteiger partial charge in [-0.3, -0.25) is 9.59 Å². The number of rotatable bonds is 5. The Hall–Kier alpha value is -2.65. The van der Waals surface area contributed by atoms with Crippen LogP contribution in [0.5, 0.6) is 0 Å². The first-order valence-electron chi connectivity index (χ1n) is 9.42. The smallest absolute Gasteiger partial charge is 0.251 e. The molecule has 3 rings (SSSR count). The standard InChI is InChI=1S/C19H26N4O5/c20-17(22-26)13-1-3-14(4-2-13)18(24)21-11-16-12-28-10-7-23(16)19(25)15-5-8-27-9-6-15/h1-4,15-16,26H,5-12H2,(H2,20,22)(H,21,24). The van der Waals surface area contributed by atoms with Gasteiger partial charge in [0.25, 0.3) is 5.91 Å². The highest BCUT2D eigenvalue weighted by Gasteiger charge is 2.33. The van der Waals surface area contributed by atoms with Crippen LogP contribution < -0.4 is 11.1 Å². The van der Waals surface area contributed by atoms with Gasteiger partial charge in [-0.2, -0.15) is 0 Å². The second kappa shape index (κ2) is 9.52. The molecular formula is C19H26N4O5. The molecule has 1 aromatic carbocycles. The molecule has 9 heteroatoms. The van der Waals surface area contributed by atoms with E-state index in [0.717, 1.165) is 12.8 Å². The van der Waals surface area contributed by atoms with E-state index in [0.29, 0.717) is 50.6 Å². The van der Waals surface area contributed by atoms with Gasteiger partial charge < -0.3 is 30.6 Å². The van der Waals surface area contributed by atoms with Gasteiger partial charge in [0.2, 0.25) is 5.91 Å². The molecule has 0 aliphatic carbocycles. The summed E-state index contributed by atoms with van der Waals surface area (Å²) < 4.78 is 10.9. The van der Waals surface area contributed by atoms with Crippen LogP contribution in [-0.4, -0.2) is 73.3 Å². The van der Waals surface area contributed by atoms with E-state index in [1.807, 2.05) is 4.90 Å². The number of morpholine rings is 1. The van der Waals surface area contributed by atoms with Gasteiger partial charge in [0, 0.05) is 43.3 Å². The number of ether oxygens (including phenoxy) is 2. The molecule has 2 saturated heterocycles. The van der Waals surface area contributed by atoms with Crippen molar-refractivity contribution in [3.63, 3.8) is 0 Å². The molecule has 9 nitrogen and oxygen atoms in total. The first-order chi connectivity index (χ1) is 13.6. The van der Waals surface area contributed by atoms with Crippen molar-refractivity contribution in [2.45, 2.75) is 18.9 Å². The number of nitrogens with one attached hydrogen (secondary N) is 1. The normalized spacial score (nSPS) is 21.4. The lowest BCUT2D eigenvalue weighted by Gasteiger charge is -2.38. The molecule has 2 heterocycles. The van der Waals surface area contributed by atoms with E-state index in [1.165, 1.54) is 0 Å². The van der Waals surface area contributed by atoms with Crippen molar-refractivity contribution in [3.05, 3.63) is 35.4 Å². The van der Waals surface area contributed by atoms with E-state index in [2.05, 4.69) is 10.5 Å². The number of carbonyl (C=O) groups is 2. The van der Waals surface area contributed by atoms with Crippen LogP contribution in [0.15, 0.2) is 29.4 Å². The van der Waals surface area contributed by atoms with Crippen molar-refractivity contribution < 1.29 is 24.3 Å². The van der Waals surface area contributed by atoms with Gasteiger partial charge in [0.05, 0.1) is 19.3 Å². The molecule has 4 N–H and O–H groups in total. The largest absolute Gasteiger partial charge is 0.409 e. The molecule has 152 valence electrons. The molecular weight excluding hydrogens is 364 g/mol. The number of nitrogens with two attached hydrogens (primary N) is 1. The van der Waals surface area contributed by atoms with E-state index in [4.69, 9.17) is 20.4 Å². The lowest BCUT2D eigenvalue weighted by atomic mass is 9.97. The van der Waals surface area contributed by atoms with Crippen LogP contribution in [0.4, 0.5) is 0 Å². The summed E-state index contributed by atoms with van der Waals surface area (Å²) in [6, 6.07) is 6.23. The van der Waals surface area contributed by atoms with Crippen molar-refractivity contribution in [2.24, 2.45) is 16.8 Å². The molecule has 0 spiro atoms. The lowest BCUT2D eigenvalue weighted by Crippen LogP contribution is -2.55. The average Bonchev–Trinajstić information content (AvgIpc) is 2.77. The van der Waals surface area contributed by atoms with Gasteiger partial charge in [-0.25, -0.2) is 0 Å². The summed E-state index contributed by atoms with van der Waals surface area (Å²) in [5.41, 5.74) is 6.50. The second-order valence-corrected chi connectivity index (χ2v) is 6.92. The number of oxime groups is 1. The Morgan fingerprint density at radius 3 is 2.50 bits per heavy atom. The van der Waals surface area contributed by atoms with Gasteiger partial charge in [0.15, 0.2) is 5.84 Å². The summed E-state index contributed by atoms with van der Waals surface area (Å²) in [5.74, 6) is -0.172. The molecule has 2 aliphatic heterocycles. The zero-order valence-electron chi connectivity index (χ0n) is 15.7. The highest BCUT2D eigenvalue weighted by molar-refractivity contribution is 5.99.